The highest BCUT2D eigenvalue weighted by molar-refractivity contribution is 7.89. The van der Waals surface area contributed by atoms with Gasteiger partial charge in [0.15, 0.2) is 0 Å². The quantitative estimate of drug-likeness (QED) is 0.532. The minimum Gasteiger partial charge on any atom is -0.385 e. The molecule has 0 spiro atoms. The Labute approximate surface area is 126 Å². The zero-order valence-electron chi connectivity index (χ0n) is 11.8. The van der Waals surface area contributed by atoms with Crippen LogP contribution in [0.2, 0.25) is 0 Å². The van der Waals surface area contributed by atoms with Gasteiger partial charge in [-0.25, -0.2) is 13.1 Å². The Morgan fingerprint density at radius 3 is 2.45 bits per heavy atom. The SMILES string of the molecule is COCCCCNS(=O)(=O)c1ccc(CCCCl)cc1. The van der Waals surface area contributed by atoms with Gasteiger partial charge in [0, 0.05) is 26.1 Å². The topological polar surface area (TPSA) is 55.4 Å². The average Bonchev–Trinajstić information content (AvgIpc) is 2.45. The van der Waals surface area contributed by atoms with Crippen LogP contribution in [0.25, 0.3) is 0 Å². The van der Waals surface area contributed by atoms with E-state index in [9.17, 15) is 8.42 Å². The molecule has 0 heterocycles. The van der Waals surface area contributed by atoms with Gasteiger partial charge in [0.05, 0.1) is 4.90 Å². The number of rotatable bonds is 10. The van der Waals surface area contributed by atoms with Crippen molar-refractivity contribution in [2.45, 2.75) is 30.6 Å². The van der Waals surface area contributed by atoms with Gasteiger partial charge in [0.25, 0.3) is 0 Å². The third kappa shape index (κ3) is 6.22. The molecule has 1 aromatic carbocycles. The second-order valence-electron chi connectivity index (χ2n) is 4.53. The van der Waals surface area contributed by atoms with Crippen LogP contribution in [-0.2, 0) is 21.2 Å². The fraction of sp³-hybridized carbons (Fsp3) is 0.571. The Balaban J connectivity index is 2.50. The maximum Gasteiger partial charge on any atom is 0.240 e. The Bertz CT molecular complexity index is 474. The molecule has 0 radical (unpaired) electrons. The van der Waals surface area contributed by atoms with E-state index >= 15 is 0 Å². The summed E-state index contributed by atoms with van der Waals surface area (Å²) in [5.41, 5.74) is 1.10. The molecule has 1 N–H and O–H groups in total. The molecule has 114 valence electrons. The van der Waals surface area contributed by atoms with E-state index in [-0.39, 0.29) is 0 Å². The number of sulfonamides is 1. The highest BCUT2D eigenvalue weighted by Crippen LogP contribution is 2.12. The van der Waals surface area contributed by atoms with E-state index in [1.807, 2.05) is 12.1 Å². The highest BCUT2D eigenvalue weighted by atomic mass is 35.5. The number of halogens is 1. The van der Waals surface area contributed by atoms with Crippen molar-refractivity contribution < 1.29 is 13.2 Å². The molecule has 0 saturated heterocycles. The predicted octanol–water partition coefficient (Wildman–Crippen LogP) is 2.56. The molecular weight excluding hydrogens is 298 g/mol. The summed E-state index contributed by atoms with van der Waals surface area (Å²) in [6.07, 6.45) is 3.37. The zero-order chi connectivity index (χ0) is 14.8. The summed E-state index contributed by atoms with van der Waals surface area (Å²) in [5, 5.41) is 0. The second-order valence-corrected chi connectivity index (χ2v) is 6.68. The van der Waals surface area contributed by atoms with Crippen molar-refractivity contribution in [1.82, 2.24) is 4.72 Å². The molecule has 6 heteroatoms. The lowest BCUT2D eigenvalue weighted by atomic mass is 10.1. The number of unbranched alkanes of at least 4 members (excludes halogenated alkanes) is 1. The smallest absolute Gasteiger partial charge is 0.240 e. The van der Waals surface area contributed by atoms with E-state index in [2.05, 4.69) is 4.72 Å². The van der Waals surface area contributed by atoms with Crippen LogP contribution in [0.3, 0.4) is 0 Å². The van der Waals surface area contributed by atoms with Gasteiger partial charge in [-0.3, -0.25) is 0 Å². The summed E-state index contributed by atoms with van der Waals surface area (Å²) < 4.78 is 31.6. The van der Waals surface area contributed by atoms with Crippen LogP contribution in [-0.4, -0.2) is 34.6 Å². The highest BCUT2D eigenvalue weighted by Gasteiger charge is 2.12. The summed E-state index contributed by atoms with van der Waals surface area (Å²) in [6.45, 7) is 1.08. The lowest BCUT2D eigenvalue weighted by Gasteiger charge is -2.07. The number of benzene rings is 1. The summed E-state index contributed by atoms with van der Waals surface area (Å²) in [6, 6.07) is 6.96. The molecule has 0 fully saturated rings. The van der Waals surface area contributed by atoms with Crippen LogP contribution in [0.4, 0.5) is 0 Å². The van der Waals surface area contributed by atoms with Crippen LogP contribution < -0.4 is 4.72 Å². The van der Waals surface area contributed by atoms with Crippen LogP contribution in [0.1, 0.15) is 24.8 Å². The predicted molar refractivity (Wildman–Crippen MR) is 81.8 cm³/mol. The van der Waals surface area contributed by atoms with Crippen LogP contribution >= 0.6 is 11.6 Å². The maximum absolute atomic E-state index is 12.0. The molecule has 0 atom stereocenters. The Kier molecular flexibility index (Phi) is 8.14. The van der Waals surface area contributed by atoms with Gasteiger partial charge >= 0.3 is 0 Å². The van der Waals surface area contributed by atoms with E-state index in [1.54, 1.807) is 19.2 Å². The first-order chi connectivity index (χ1) is 9.60. The van der Waals surface area contributed by atoms with Gasteiger partial charge in [-0.05, 0) is 43.4 Å². The molecule has 1 aromatic rings. The summed E-state index contributed by atoms with van der Waals surface area (Å²) in [7, 11) is -1.77. The van der Waals surface area contributed by atoms with Gasteiger partial charge in [-0.15, -0.1) is 11.6 Å². The fourth-order valence-electron chi connectivity index (χ4n) is 1.77. The molecule has 0 amide bonds. The fourth-order valence-corrected chi connectivity index (χ4v) is 2.98. The van der Waals surface area contributed by atoms with E-state index in [1.165, 1.54) is 0 Å². The summed E-state index contributed by atoms with van der Waals surface area (Å²) >= 11 is 5.63. The largest absolute Gasteiger partial charge is 0.385 e. The van der Waals surface area contributed by atoms with E-state index in [0.717, 1.165) is 31.2 Å². The molecule has 1 rings (SSSR count). The zero-order valence-corrected chi connectivity index (χ0v) is 13.3. The van der Waals surface area contributed by atoms with E-state index in [0.29, 0.717) is 23.9 Å². The van der Waals surface area contributed by atoms with Crippen LogP contribution in [0.15, 0.2) is 29.2 Å². The van der Waals surface area contributed by atoms with Gasteiger partial charge in [0.1, 0.15) is 0 Å². The maximum atomic E-state index is 12.0. The number of nitrogens with one attached hydrogen (secondary N) is 1. The molecule has 0 aliphatic rings. The molecule has 0 unspecified atom stereocenters. The lowest BCUT2D eigenvalue weighted by molar-refractivity contribution is 0.193. The first-order valence-corrected chi connectivity index (χ1v) is 8.75. The van der Waals surface area contributed by atoms with Crippen molar-refractivity contribution in [3.63, 3.8) is 0 Å². The normalized spacial score (nSPS) is 11.7. The second kappa shape index (κ2) is 9.34. The van der Waals surface area contributed by atoms with Crippen molar-refractivity contribution in [2.24, 2.45) is 0 Å². The van der Waals surface area contributed by atoms with E-state index in [4.69, 9.17) is 16.3 Å². The lowest BCUT2D eigenvalue weighted by Crippen LogP contribution is -2.25. The van der Waals surface area contributed by atoms with E-state index < -0.39 is 10.0 Å². The third-order valence-electron chi connectivity index (χ3n) is 2.90. The number of alkyl halides is 1. The standard InChI is InChI=1S/C14H22ClNO3S/c1-19-12-3-2-11-16-20(17,18)14-8-6-13(7-9-14)5-4-10-15/h6-9,16H,2-5,10-12H2,1H3. The van der Waals surface area contributed by atoms with Gasteiger partial charge < -0.3 is 4.74 Å². The number of hydrogen-bond acceptors (Lipinski definition) is 3. The summed E-state index contributed by atoms with van der Waals surface area (Å²) in [4.78, 5) is 0.305. The first-order valence-electron chi connectivity index (χ1n) is 6.73. The monoisotopic (exact) mass is 319 g/mol. The Morgan fingerprint density at radius 1 is 1.15 bits per heavy atom. The van der Waals surface area contributed by atoms with Crippen molar-refractivity contribution in [2.75, 3.05) is 26.1 Å². The molecule has 0 saturated carbocycles. The minimum absolute atomic E-state index is 0.305. The van der Waals surface area contributed by atoms with Gasteiger partial charge in [-0.1, -0.05) is 12.1 Å². The Hall–Kier alpha value is -0.620. The van der Waals surface area contributed by atoms with Gasteiger partial charge in [-0.2, -0.15) is 0 Å². The van der Waals surface area contributed by atoms with Crippen molar-refractivity contribution in [1.29, 1.82) is 0 Å². The molecule has 20 heavy (non-hydrogen) atoms. The number of methoxy groups -OCH3 is 1. The molecule has 4 nitrogen and oxygen atoms in total. The summed E-state index contributed by atoms with van der Waals surface area (Å²) in [5.74, 6) is 0.614. The Morgan fingerprint density at radius 2 is 1.85 bits per heavy atom. The first kappa shape index (κ1) is 17.4. The molecular formula is C14H22ClNO3S. The molecule has 0 aliphatic carbocycles. The number of ether oxygens (including phenoxy) is 1. The van der Waals surface area contributed by atoms with Crippen molar-refractivity contribution >= 4 is 21.6 Å². The van der Waals surface area contributed by atoms with Crippen molar-refractivity contribution in [3.8, 4) is 0 Å². The minimum atomic E-state index is -3.40. The average molecular weight is 320 g/mol. The molecule has 0 aliphatic heterocycles. The molecule has 0 bridgehead atoms. The third-order valence-corrected chi connectivity index (χ3v) is 4.64. The number of aryl methyl sites for hydroxylation is 1. The molecule has 0 aromatic heterocycles. The van der Waals surface area contributed by atoms with Crippen LogP contribution in [0.5, 0.6) is 0 Å². The van der Waals surface area contributed by atoms with Crippen LogP contribution in [0, 0.1) is 0 Å². The van der Waals surface area contributed by atoms with Crippen molar-refractivity contribution in [3.05, 3.63) is 29.8 Å². The number of hydrogen-bond donors (Lipinski definition) is 1. The van der Waals surface area contributed by atoms with Gasteiger partial charge in [0.2, 0.25) is 10.0 Å².